The summed E-state index contributed by atoms with van der Waals surface area (Å²) in [6.07, 6.45) is 2.49. The molecule has 0 bridgehead atoms. The van der Waals surface area contributed by atoms with Crippen molar-refractivity contribution in [3.8, 4) is 0 Å². The van der Waals surface area contributed by atoms with Gasteiger partial charge in [0.1, 0.15) is 5.82 Å². The number of benzene rings is 1. The zero-order valence-electron chi connectivity index (χ0n) is 17.4. The SMILES string of the molecule is CCN(CC)c1ccc(NC(=O)c2ccc(N3CCN(C=O)CC3)nc2)c(C)c1. The minimum Gasteiger partial charge on any atom is -0.372 e. The first-order valence-corrected chi connectivity index (χ1v) is 10.1. The molecule has 1 aliphatic rings. The topological polar surface area (TPSA) is 68.8 Å². The van der Waals surface area contributed by atoms with Gasteiger partial charge in [0.15, 0.2) is 0 Å². The number of hydrogen-bond donors (Lipinski definition) is 1. The van der Waals surface area contributed by atoms with Crippen molar-refractivity contribution in [1.82, 2.24) is 9.88 Å². The van der Waals surface area contributed by atoms with E-state index in [1.54, 1.807) is 17.2 Å². The van der Waals surface area contributed by atoms with Gasteiger partial charge in [0, 0.05) is 56.8 Å². The van der Waals surface area contributed by atoms with Gasteiger partial charge in [-0.25, -0.2) is 4.98 Å². The highest BCUT2D eigenvalue weighted by atomic mass is 16.1. The van der Waals surface area contributed by atoms with E-state index in [9.17, 15) is 9.59 Å². The predicted octanol–water partition coefficient (Wildman–Crippen LogP) is 2.77. The van der Waals surface area contributed by atoms with Crippen molar-refractivity contribution in [2.45, 2.75) is 20.8 Å². The van der Waals surface area contributed by atoms with Gasteiger partial charge in [-0.2, -0.15) is 0 Å². The van der Waals surface area contributed by atoms with Crippen LogP contribution in [0.5, 0.6) is 0 Å². The Labute approximate surface area is 172 Å². The van der Waals surface area contributed by atoms with Crippen molar-refractivity contribution in [3.63, 3.8) is 0 Å². The van der Waals surface area contributed by atoms with E-state index < -0.39 is 0 Å². The molecule has 154 valence electrons. The lowest BCUT2D eigenvalue weighted by Crippen LogP contribution is -2.46. The van der Waals surface area contributed by atoms with Crippen LogP contribution in [0.1, 0.15) is 29.8 Å². The molecule has 7 heteroatoms. The number of nitrogens with zero attached hydrogens (tertiary/aromatic N) is 4. The summed E-state index contributed by atoms with van der Waals surface area (Å²) in [6, 6.07) is 9.75. The minimum atomic E-state index is -0.173. The molecule has 1 aromatic carbocycles. The van der Waals surface area contributed by atoms with Crippen LogP contribution in [0.3, 0.4) is 0 Å². The van der Waals surface area contributed by atoms with Crippen molar-refractivity contribution in [2.24, 2.45) is 0 Å². The maximum absolute atomic E-state index is 12.6. The lowest BCUT2D eigenvalue weighted by atomic mass is 10.1. The third-order valence-electron chi connectivity index (χ3n) is 5.38. The molecule has 29 heavy (non-hydrogen) atoms. The summed E-state index contributed by atoms with van der Waals surface area (Å²) in [5, 5.41) is 2.98. The van der Waals surface area contributed by atoms with Crippen LogP contribution in [0.15, 0.2) is 36.5 Å². The largest absolute Gasteiger partial charge is 0.372 e. The fraction of sp³-hybridized carbons (Fsp3) is 0.409. The van der Waals surface area contributed by atoms with Crippen LogP contribution in [0.4, 0.5) is 17.2 Å². The quantitative estimate of drug-likeness (QED) is 0.730. The average molecular weight is 396 g/mol. The van der Waals surface area contributed by atoms with Crippen molar-refractivity contribution >= 4 is 29.5 Å². The Hall–Kier alpha value is -3.09. The second-order valence-electron chi connectivity index (χ2n) is 7.16. The third-order valence-corrected chi connectivity index (χ3v) is 5.38. The lowest BCUT2D eigenvalue weighted by Gasteiger charge is -2.33. The van der Waals surface area contributed by atoms with Crippen molar-refractivity contribution in [1.29, 1.82) is 0 Å². The molecule has 0 spiro atoms. The summed E-state index contributed by atoms with van der Waals surface area (Å²) in [5.74, 6) is 0.653. The summed E-state index contributed by atoms with van der Waals surface area (Å²) in [4.78, 5) is 34.1. The highest BCUT2D eigenvalue weighted by Crippen LogP contribution is 2.23. The highest BCUT2D eigenvalue weighted by molar-refractivity contribution is 6.04. The maximum Gasteiger partial charge on any atom is 0.257 e. The van der Waals surface area contributed by atoms with Crippen molar-refractivity contribution in [2.75, 3.05) is 54.4 Å². The average Bonchev–Trinajstić information content (AvgIpc) is 2.76. The first-order chi connectivity index (χ1) is 14.0. The zero-order chi connectivity index (χ0) is 20.8. The number of aromatic nitrogens is 1. The molecule has 2 amide bonds. The van der Waals surface area contributed by atoms with E-state index in [0.29, 0.717) is 18.7 Å². The molecule has 1 aromatic heterocycles. The highest BCUT2D eigenvalue weighted by Gasteiger charge is 2.17. The molecule has 0 radical (unpaired) electrons. The lowest BCUT2D eigenvalue weighted by molar-refractivity contribution is -0.118. The van der Waals surface area contributed by atoms with Crippen LogP contribution >= 0.6 is 0 Å². The van der Waals surface area contributed by atoms with Crippen molar-refractivity contribution in [3.05, 3.63) is 47.7 Å². The van der Waals surface area contributed by atoms with Crippen LogP contribution in [-0.2, 0) is 4.79 Å². The normalized spacial score (nSPS) is 13.9. The van der Waals surface area contributed by atoms with E-state index in [4.69, 9.17) is 0 Å². The van der Waals surface area contributed by atoms with E-state index >= 15 is 0 Å². The van der Waals surface area contributed by atoms with Gasteiger partial charge in [0.05, 0.1) is 5.56 Å². The Balaban J connectivity index is 1.64. The van der Waals surface area contributed by atoms with Crippen LogP contribution < -0.4 is 15.1 Å². The fourth-order valence-electron chi connectivity index (χ4n) is 3.53. The maximum atomic E-state index is 12.6. The van der Waals surface area contributed by atoms with Crippen molar-refractivity contribution < 1.29 is 9.59 Å². The molecule has 1 saturated heterocycles. The Morgan fingerprint density at radius 2 is 1.86 bits per heavy atom. The number of rotatable bonds is 7. The summed E-state index contributed by atoms with van der Waals surface area (Å²) in [7, 11) is 0. The number of carbonyl (C=O) groups excluding carboxylic acids is 2. The number of anilines is 3. The van der Waals surface area contributed by atoms with Crippen LogP contribution in [0.25, 0.3) is 0 Å². The number of carbonyl (C=O) groups is 2. The molecular weight excluding hydrogens is 366 g/mol. The van der Waals surface area contributed by atoms with E-state index in [1.165, 1.54) is 0 Å². The number of nitrogens with one attached hydrogen (secondary N) is 1. The minimum absolute atomic E-state index is 0.173. The van der Waals surface area contributed by atoms with Gasteiger partial charge in [0.25, 0.3) is 5.91 Å². The molecule has 0 aliphatic carbocycles. The van der Waals surface area contributed by atoms with Gasteiger partial charge >= 0.3 is 0 Å². The standard InChI is InChI=1S/C22H29N5O2/c1-4-26(5-2)19-7-8-20(17(3)14-19)24-22(29)18-6-9-21(23-15-18)27-12-10-25(16-28)11-13-27/h6-9,14-16H,4-5,10-13H2,1-3H3,(H,24,29). The van der Waals surface area contributed by atoms with Crippen LogP contribution in [-0.4, -0.2) is 61.5 Å². The Morgan fingerprint density at radius 1 is 1.14 bits per heavy atom. The molecule has 7 nitrogen and oxygen atoms in total. The van der Waals surface area contributed by atoms with Gasteiger partial charge in [-0.1, -0.05) is 0 Å². The molecule has 3 rings (SSSR count). The Kier molecular flexibility index (Phi) is 6.69. The van der Waals surface area contributed by atoms with E-state index in [-0.39, 0.29) is 5.91 Å². The first kappa shape index (κ1) is 20.6. The van der Waals surface area contributed by atoms with Gasteiger partial charge in [-0.15, -0.1) is 0 Å². The summed E-state index contributed by atoms with van der Waals surface area (Å²) >= 11 is 0. The van der Waals surface area contributed by atoms with Gasteiger partial charge in [-0.05, 0) is 56.7 Å². The molecule has 1 fully saturated rings. The number of amides is 2. The smallest absolute Gasteiger partial charge is 0.257 e. The van der Waals surface area contributed by atoms with E-state index in [2.05, 4.69) is 40.0 Å². The van der Waals surface area contributed by atoms with E-state index in [1.807, 2.05) is 25.1 Å². The second-order valence-corrected chi connectivity index (χ2v) is 7.16. The molecule has 0 unspecified atom stereocenters. The first-order valence-electron chi connectivity index (χ1n) is 10.1. The van der Waals surface area contributed by atoms with Crippen LogP contribution in [0, 0.1) is 6.92 Å². The third kappa shape index (κ3) is 4.85. The van der Waals surface area contributed by atoms with Crippen LogP contribution in [0.2, 0.25) is 0 Å². The van der Waals surface area contributed by atoms with E-state index in [0.717, 1.165) is 55.3 Å². The molecule has 2 heterocycles. The molecule has 0 saturated carbocycles. The zero-order valence-corrected chi connectivity index (χ0v) is 17.4. The predicted molar refractivity (Wildman–Crippen MR) is 117 cm³/mol. The molecule has 0 atom stereocenters. The summed E-state index contributed by atoms with van der Waals surface area (Å²) < 4.78 is 0. The fourth-order valence-corrected chi connectivity index (χ4v) is 3.53. The summed E-state index contributed by atoms with van der Waals surface area (Å²) in [5.41, 5.74) is 3.51. The Morgan fingerprint density at radius 3 is 2.41 bits per heavy atom. The molecule has 1 N–H and O–H groups in total. The molecule has 1 aliphatic heterocycles. The number of pyridine rings is 1. The second kappa shape index (κ2) is 9.41. The molecule has 2 aromatic rings. The Bertz CT molecular complexity index is 841. The monoisotopic (exact) mass is 395 g/mol. The number of hydrogen-bond acceptors (Lipinski definition) is 5. The number of aryl methyl sites for hydroxylation is 1. The van der Waals surface area contributed by atoms with Gasteiger partial charge < -0.3 is 20.0 Å². The van der Waals surface area contributed by atoms with Gasteiger partial charge in [0.2, 0.25) is 6.41 Å². The molecular formula is C22H29N5O2. The van der Waals surface area contributed by atoms with Gasteiger partial charge in [-0.3, -0.25) is 9.59 Å². The summed E-state index contributed by atoms with van der Waals surface area (Å²) in [6.45, 7) is 11.0. The number of piperazine rings is 1.